The minimum absolute atomic E-state index is 0. The molecular formula is C9H10BrCl2N. The first-order valence-electron chi connectivity index (χ1n) is 3.92. The van der Waals surface area contributed by atoms with Gasteiger partial charge in [0.2, 0.25) is 0 Å². The summed E-state index contributed by atoms with van der Waals surface area (Å²) >= 11 is 9.34. The van der Waals surface area contributed by atoms with Crippen molar-refractivity contribution in [2.45, 2.75) is 18.9 Å². The van der Waals surface area contributed by atoms with E-state index < -0.39 is 0 Å². The fourth-order valence-electron chi connectivity index (χ4n) is 1.63. The molecule has 0 spiro atoms. The molecule has 0 saturated heterocycles. The lowest BCUT2D eigenvalue weighted by molar-refractivity contribution is 0.713. The van der Waals surface area contributed by atoms with Crippen LogP contribution in [0.4, 0.5) is 0 Å². The Labute approximate surface area is 97.2 Å². The van der Waals surface area contributed by atoms with Gasteiger partial charge in [0, 0.05) is 10.5 Å². The van der Waals surface area contributed by atoms with Crippen molar-refractivity contribution in [1.82, 2.24) is 0 Å². The molecule has 1 aromatic rings. The molecule has 0 bridgehead atoms. The number of benzene rings is 1. The molecule has 0 aromatic heterocycles. The van der Waals surface area contributed by atoms with Crippen molar-refractivity contribution in [3.63, 3.8) is 0 Å². The van der Waals surface area contributed by atoms with Gasteiger partial charge in [-0.3, -0.25) is 0 Å². The number of hydrogen-bond donors (Lipinski definition) is 1. The summed E-state index contributed by atoms with van der Waals surface area (Å²) < 4.78 is 0.945. The zero-order chi connectivity index (χ0) is 8.72. The van der Waals surface area contributed by atoms with Crippen LogP contribution in [0.25, 0.3) is 0 Å². The van der Waals surface area contributed by atoms with Gasteiger partial charge in [-0.2, -0.15) is 0 Å². The van der Waals surface area contributed by atoms with E-state index in [9.17, 15) is 0 Å². The maximum Gasteiger partial charge on any atom is 0.0551 e. The molecule has 1 aromatic carbocycles. The van der Waals surface area contributed by atoms with E-state index in [-0.39, 0.29) is 18.4 Å². The second kappa shape index (κ2) is 4.18. The van der Waals surface area contributed by atoms with Crippen LogP contribution in [0, 0.1) is 0 Å². The standard InChI is InChI=1S/C9H9BrClN.ClH/c10-7-4-6-5(3-8(7)11)1-2-9(6)12;/h3-4,9H,1-2,12H2;1H/t9-;/m0./s1. The summed E-state index contributed by atoms with van der Waals surface area (Å²) in [6, 6.07) is 4.25. The van der Waals surface area contributed by atoms with Crippen molar-refractivity contribution >= 4 is 39.9 Å². The maximum absolute atomic E-state index is 5.95. The molecule has 0 heterocycles. The van der Waals surface area contributed by atoms with E-state index in [1.807, 2.05) is 12.1 Å². The molecule has 1 aliphatic rings. The van der Waals surface area contributed by atoms with Gasteiger partial charge in [0.05, 0.1) is 5.02 Å². The number of fused-ring (bicyclic) bond motifs is 1. The smallest absolute Gasteiger partial charge is 0.0551 e. The van der Waals surface area contributed by atoms with Gasteiger partial charge in [-0.1, -0.05) is 11.6 Å². The van der Waals surface area contributed by atoms with Gasteiger partial charge in [-0.25, -0.2) is 0 Å². The summed E-state index contributed by atoms with van der Waals surface area (Å²) in [4.78, 5) is 0. The maximum atomic E-state index is 5.95. The van der Waals surface area contributed by atoms with Crippen molar-refractivity contribution in [2.24, 2.45) is 5.73 Å². The summed E-state index contributed by atoms with van der Waals surface area (Å²) in [5, 5.41) is 0.780. The summed E-state index contributed by atoms with van der Waals surface area (Å²) in [6.45, 7) is 0. The molecule has 0 aliphatic heterocycles. The molecular weight excluding hydrogens is 273 g/mol. The van der Waals surface area contributed by atoms with E-state index in [0.717, 1.165) is 22.3 Å². The molecule has 0 saturated carbocycles. The highest BCUT2D eigenvalue weighted by molar-refractivity contribution is 9.10. The van der Waals surface area contributed by atoms with Gasteiger partial charge in [0.25, 0.3) is 0 Å². The SMILES string of the molecule is Cl.N[C@H]1CCc2cc(Cl)c(Br)cc21. The monoisotopic (exact) mass is 281 g/mol. The number of hydrogen-bond acceptors (Lipinski definition) is 1. The second-order valence-electron chi connectivity index (χ2n) is 3.11. The van der Waals surface area contributed by atoms with Crippen LogP contribution in [0.3, 0.4) is 0 Å². The Bertz CT molecular complexity index is 328. The van der Waals surface area contributed by atoms with Crippen molar-refractivity contribution < 1.29 is 0 Å². The summed E-state index contributed by atoms with van der Waals surface area (Å²) in [7, 11) is 0. The fraction of sp³-hybridized carbons (Fsp3) is 0.333. The Morgan fingerprint density at radius 3 is 2.85 bits per heavy atom. The molecule has 4 heteroatoms. The number of aryl methyl sites for hydroxylation is 1. The highest BCUT2D eigenvalue weighted by atomic mass is 79.9. The van der Waals surface area contributed by atoms with E-state index in [4.69, 9.17) is 17.3 Å². The van der Waals surface area contributed by atoms with Gasteiger partial charge in [-0.15, -0.1) is 12.4 Å². The predicted molar refractivity (Wildman–Crippen MR) is 61.6 cm³/mol. The van der Waals surface area contributed by atoms with Crippen LogP contribution in [0.15, 0.2) is 16.6 Å². The molecule has 0 amide bonds. The molecule has 0 radical (unpaired) electrons. The number of nitrogens with two attached hydrogens (primary N) is 1. The minimum atomic E-state index is 0. The summed E-state index contributed by atoms with van der Waals surface area (Å²) in [6.07, 6.45) is 2.10. The van der Waals surface area contributed by atoms with E-state index >= 15 is 0 Å². The molecule has 2 rings (SSSR count). The lowest BCUT2D eigenvalue weighted by atomic mass is 10.1. The Kier molecular flexibility index (Phi) is 3.64. The van der Waals surface area contributed by atoms with Gasteiger partial charge in [0.1, 0.15) is 0 Å². The Balaban J connectivity index is 0.000000845. The second-order valence-corrected chi connectivity index (χ2v) is 4.37. The van der Waals surface area contributed by atoms with E-state index in [1.165, 1.54) is 11.1 Å². The fourth-order valence-corrected chi connectivity index (χ4v) is 2.18. The first kappa shape index (κ1) is 11.3. The van der Waals surface area contributed by atoms with Crippen LogP contribution in [-0.2, 0) is 6.42 Å². The lowest BCUT2D eigenvalue weighted by Crippen LogP contribution is -2.04. The lowest BCUT2D eigenvalue weighted by Gasteiger charge is -2.05. The quantitative estimate of drug-likeness (QED) is 0.775. The van der Waals surface area contributed by atoms with Crippen LogP contribution >= 0.6 is 39.9 Å². The van der Waals surface area contributed by atoms with Crippen molar-refractivity contribution in [2.75, 3.05) is 0 Å². The molecule has 0 unspecified atom stereocenters. The third-order valence-electron chi connectivity index (χ3n) is 2.31. The van der Waals surface area contributed by atoms with Crippen LogP contribution < -0.4 is 5.73 Å². The summed E-state index contributed by atoms with van der Waals surface area (Å²) in [5.41, 5.74) is 8.44. The number of rotatable bonds is 0. The van der Waals surface area contributed by atoms with Crippen LogP contribution in [0.2, 0.25) is 5.02 Å². The van der Waals surface area contributed by atoms with Crippen LogP contribution in [0.5, 0.6) is 0 Å². The van der Waals surface area contributed by atoms with Gasteiger partial charge in [0.15, 0.2) is 0 Å². The minimum Gasteiger partial charge on any atom is -0.324 e. The Morgan fingerprint density at radius 2 is 2.15 bits per heavy atom. The van der Waals surface area contributed by atoms with Crippen LogP contribution in [-0.4, -0.2) is 0 Å². The first-order valence-corrected chi connectivity index (χ1v) is 5.09. The highest BCUT2D eigenvalue weighted by Gasteiger charge is 2.19. The molecule has 72 valence electrons. The van der Waals surface area contributed by atoms with Gasteiger partial charge < -0.3 is 5.73 Å². The van der Waals surface area contributed by atoms with Crippen molar-refractivity contribution in [3.05, 3.63) is 32.8 Å². The predicted octanol–water partition coefficient (Wildman–Crippen LogP) is 3.47. The third-order valence-corrected chi connectivity index (χ3v) is 3.50. The molecule has 2 N–H and O–H groups in total. The Hall–Kier alpha value is 0.240. The van der Waals surface area contributed by atoms with E-state index in [2.05, 4.69) is 15.9 Å². The first-order chi connectivity index (χ1) is 5.68. The molecule has 13 heavy (non-hydrogen) atoms. The van der Waals surface area contributed by atoms with E-state index in [0.29, 0.717) is 0 Å². The average Bonchev–Trinajstić information content (AvgIpc) is 2.35. The van der Waals surface area contributed by atoms with Crippen molar-refractivity contribution in [3.8, 4) is 0 Å². The van der Waals surface area contributed by atoms with Gasteiger partial charge >= 0.3 is 0 Å². The molecule has 1 aliphatic carbocycles. The topological polar surface area (TPSA) is 26.0 Å². The largest absolute Gasteiger partial charge is 0.324 e. The van der Waals surface area contributed by atoms with Gasteiger partial charge in [-0.05, 0) is 52.0 Å². The van der Waals surface area contributed by atoms with Crippen molar-refractivity contribution in [1.29, 1.82) is 0 Å². The summed E-state index contributed by atoms with van der Waals surface area (Å²) in [5.74, 6) is 0. The Morgan fingerprint density at radius 1 is 1.46 bits per heavy atom. The molecule has 1 atom stereocenters. The highest BCUT2D eigenvalue weighted by Crippen LogP contribution is 2.35. The molecule has 0 fully saturated rings. The van der Waals surface area contributed by atoms with Crippen LogP contribution in [0.1, 0.15) is 23.6 Å². The average molecular weight is 283 g/mol. The molecule has 1 nitrogen and oxygen atoms in total. The third kappa shape index (κ3) is 2.01. The number of halogens is 3. The zero-order valence-corrected chi connectivity index (χ0v) is 10.0. The normalized spacial score (nSPS) is 19.5. The van der Waals surface area contributed by atoms with E-state index in [1.54, 1.807) is 0 Å². The zero-order valence-electron chi connectivity index (χ0n) is 6.89.